The zero-order valence-electron chi connectivity index (χ0n) is 16.0. The van der Waals surface area contributed by atoms with E-state index in [0.717, 1.165) is 17.0 Å². The van der Waals surface area contributed by atoms with Crippen molar-refractivity contribution < 1.29 is 19.0 Å². The number of fused-ring (bicyclic) bond motifs is 1. The predicted molar refractivity (Wildman–Crippen MR) is 110 cm³/mol. The van der Waals surface area contributed by atoms with Crippen LogP contribution in [-0.2, 0) is 0 Å². The highest BCUT2D eigenvalue weighted by Gasteiger charge is 2.16. The Morgan fingerprint density at radius 1 is 1.00 bits per heavy atom. The number of rotatable bonds is 6. The summed E-state index contributed by atoms with van der Waals surface area (Å²) in [4.78, 5) is 17.7. The van der Waals surface area contributed by atoms with Crippen molar-refractivity contribution in [2.45, 2.75) is 0 Å². The zero-order chi connectivity index (χ0) is 20.4. The highest BCUT2D eigenvalue weighted by atomic mass is 32.1. The molecule has 0 saturated carbocycles. The van der Waals surface area contributed by atoms with Crippen LogP contribution in [0.5, 0.6) is 17.2 Å². The number of carbonyl (C=O) groups excluding carboxylic acids is 1. The largest absolute Gasteiger partial charge is 0.497 e. The summed E-state index contributed by atoms with van der Waals surface area (Å²) in [5.74, 6) is 1.65. The topological polar surface area (TPSA) is 87.0 Å². The molecule has 2 aromatic carbocycles. The summed E-state index contributed by atoms with van der Waals surface area (Å²) in [5, 5.41) is 9.12. The van der Waals surface area contributed by atoms with Gasteiger partial charge in [-0.25, -0.2) is 4.52 Å². The van der Waals surface area contributed by atoms with Crippen molar-refractivity contribution in [2.24, 2.45) is 0 Å². The van der Waals surface area contributed by atoms with E-state index < -0.39 is 0 Å². The normalized spacial score (nSPS) is 10.7. The number of carbonyl (C=O) groups is 1. The lowest BCUT2D eigenvalue weighted by Crippen LogP contribution is -2.13. The number of methoxy groups -OCH3 is 3. The van der Waals surface area contributed by atoms with Crippen molar-refractivity contribution in [1.82, 2.24) is 14.6 Å². The number of nitrogens with zero attached hydrogens (tertiary/aromatic N) is 3. The second-order valence-corrected chi connectivity index (χ2v) is 6.87. The van der Waals surface area contributed by atoms with E-state index in [-0.39, 0.29) is 11.9 Å². The Balaban J connectivity index is 1.63. The van der Waals surface area contributed by atoms with Crippen LogP contribution in [-0.4, -0.2) is 41.8 Å². The molecule has 0 spiro atoms. The Kier molecular flexibility index (Phi) is 5.05. The highest BCUT2D eigenvalue weighted by Crippen LogP contribution is 2.28. The molecule has 29 heavy (non-hydrogen) atoms. The summed E-state index contributed by atoms with van der Waals surface area (Å²) in [6.07, 6.45) is 0. The average molecular weight is 410 g/mol. The summed E-state index contributed by atoms with van der Waals surface area (Å²) >= 11 is 1.44. The van der Waals surface area contributed by atoms with Gasteiger partial charge in [0.2, 0.25) is 4.96 Å². The molecule has 0 atom stereocenters. The number of ether oxygens (including phenoxy) is 3. The van der Waals surface area contributed by atoms with Gasteiger partial charge in [0.1, 0.15) is 17.2 Å². The molecule has 1 N–H and O–H groups in total. The Bertz CT molecular complexity index is 1160. The van der Waals surface area contributed by atoms with Crippen molar-refractivity contribution >= 4 is 28.2 Å². The maximum atomic E-state index is 12.7. The lowest BCUT2D eigenvalue weighted by molar-refractivity contribution is 0.102. The van der Waals surface area contributed by atoms with Crippen molar-refractivity contribution in [2.75, 3.05) is 26.6 Å². The zero-order valence-corrected chi connectivity index (χ0v) is 16.8. The number of thiazole rings is 1. The molecule has 0 aliphatic heterocycles. The molecule has 4 aromatic rings. The monoisotopic (exact) mass is 410 g/mol. The molecule has 0 unspecified atom stereocenters. The Morgan fingerprint density at radius 2 is 1.72 bits per heavy atom. The van der Waals surface area contributed by atoms with Gasteiger partial charge in [0.15, 0.2) is 0 Å². The highest BCUT2D eigenvalue weighted by molar-refractivity contribution is 7.15. The van der Waals surface area contributed by atoms with Gasteiger partial charge in [-0.1, -0.05) is 12.1 Å². The third-order valence-corrected chi connectivity index (χ3v) is 5.10. The van der Waals surface area contributed by atoms with Gasteiger partial charge in [0.25, 0.3) is 11.9 Å². The van der Waals surface area contributed by atoms with Crippen LogP contribution in [0.3, 0.4) is 0 Å². The van der Waals surface area contributed by atoms with Crippen molar-refractivity contribution in [1.29, 1.82) is 0 Å². The molecule has 4 rings (SSSR count). The number of hydrogen-bond donors (Lipinski definition) is 1. The molecular weight excluding hydrogens is 392 g/mol. The Morgan fingerprint density at radius 3 is 2.41 bits per heavy atom. The minimum absolute atomic E-state index is 0.216. The number of aromatic nitrogens is 3. The van der Waals surface area contributed by atoms with Crippen molar-refractivity contribution in [3.63, 3.8) is 0 Å². The van der Waals surface area contributed by atoms with Crippen LogP contribution < -0.4 is 19.5 Å². The molecule has 8 nitrogen and oxygen atoms in total. The quantitative estimate of drug-likeness (QED) is 0.521. The summed E-state index contributed by atoms with van der Waals surface area (Å²) < 4.78 is 17.4. The lowest BCUT2D eigenvalue weighted by atomic mass is 10.2. The number of anilines is 1. The van der Waals surface area contributed by atoms with E-state index >= 15 is 0 Å². The van der Waals surface area contributed by atoms with Gasteiger partial charge >= 0.3 is 0 Å². The van der Waals surface area contributed by atoms with Gasteiger partial charge < -0.3 is 14.2 Å². The lowest BCUT2D eigenvalue weighted by Gasteiger charge is -2.07. The third-order valence-electron chi connectivity index (χ3n) is 4.29. The fourth-order valence-electron chi connectivity index (χ4n) is 2.83. The van der Waals surface area contributed by atoms with Gasteiger partial charge in [0, 0.05) is 22.6 Å². The summed E-state index contributed by atoms with van der Waals surface area (Å²) in [6, 6.07) is 12.6. The van der Waals surface area contributed by atoms with Crippen LogP contribution in [0, 0.1) is 0 Å². The number of hydrogen-bond acceptors (Lipinski definition) is 7. The van der Waals surface area contributed by atoms with Gasteiger partial charge in [-0.15, -0.1) is 16.4 Å². The molecule has 9 heteroatoms. The van der Waals surface area contributed by atoms with E-state index in [1.165, 1.54) is 25.6 Å². The van der Waals surface area contributed by atoms with E-state index in [1.807, 2.05) is 29.6 Å². The van der Waals surface area contributed by atoms with Crippen LogP contribution in [0.15, 0.2) is 47.8 Å². The van der Waals surface area contributed by atoms with Gasteiger partial charge in [0.05, 0.1) is 27.0 Å². The molecule has 0 saturated heterocycles. The summed E-state index contributed by atoms with van der Waals surface area (Å²) in [7, 11) is 4.68. The first-order valence-electron chi connectivity index (χ1n) is 8.64. The second kappa shape index (κ2) is 7.80. The molecule has 0 bridgehead atoms. The first-order chi connectivity index (χ1) is 14.1. The summed E-state index contributed by atoms with van der Waals surface area (Å²) in [5.41, 5.74) is 2.18. The molecule has 1 amide bonds. The van der Waals surface area contributed by atoms with E-state index in [1.54, 1.807) is 29.8 Å². The molecule has 0 radical (unpaired) electrons. The maximum Gasteiger partial charge on any atom is 0.258 e. The van der Waals surface area contributed by atoms with E-state index in [4.69, 9.17) is 14.2 Å². The van der Waals surface area contributed by atoms with Crippen LogP contribution in [0.4, 0.5) is 5.95 Å². The van der Waals surface area contributed by atoms with Crippen LogP contribution in [0.1, 0.15) is 10.4 Å². The number of benzene rings is 2. The first-order valence-corrected chi connectivity index (χ1v) is 9.52. The Labute approximate surface area is 170 Å². The molecule has 0 aliphatic carbocycles. The van der Waals surface area contributed by atoms with Crippen LogP contribution in [0.25, 0.3) is 16.2 Å². The minimum atomic E-state index is -0.358. The minimum Gasteiger partial charge on any atom is -0.497 e. The van der Waals surface area contributed by atoms with E-state index in [0.29, 0.717) is 22.0 Å². The number of nitrogens with one attached hydrogen (secondary N) is 1. The van der Waals surface area contributed by atoms with E-state index in [2.05, 4.69) is 15.4 Å². The molecule has 0 fully saturated rings. The van der Waals surface area contributed by atoms with E-state index in [9.17, 15) is 4.79 Å². The first kappa shape index (κ1) is 18.8. The predicted octanol–water partition coefficient (Wildman–Crippen LogP) is 3.74. The number of amides is 1. The standard InChI is InChI=1S/C20H18N4O4S/c1-26-14-6-4-5-12(7-14)17-11-29-20-22-19(23-24(17)20)21-18(25)13-8-15(27-2)10-16(9-13)28-3/h4-11H,1-3H3,(H,21,23,25). The molecule has 2 heterocycles. The second-order valence-electron chi connectivity index (χ2n) is 6.04. The third kappa shape index (κ3) is 3.72. The Hall–Kier alpha value is -3.59. The van der Waals surface area contributed by atoms with Gasteiger partial charge in [-0.05, 0) is 24.3 Å². The molecular formula is C20H18N4O4S. The SMILES string of the molecule is COc1cc(OC)cc(C(=O)Nc2nc3scc(-c4cccc(OC)c4)n3n2)c1. The smallest absolute Gasteiger partial charge is 0.258 e. The molecule has 0 aliphatic rings. The van der Waals surface area contributed by atoms with Crippen molar-refractivity contribution in [3.05, 3.63) is 53.4 Å². The molecule has 2 aromatic heterocycles. The van der Waals surface area contributed by atoms with Gasteiger partial charge in [-0.3, -0.25) is 10.1 Å². The van der Waals surface area contributed by atoms with Crippen LogP contribution in [0.2, 0.25) is 0 Å². The van der Waals surface area contributed by atoms with Gasteiger partial charge in [-0.2, -0.15) is 4.98 Å². The average Bonchev–Trinajstić information content (AvgIpc) is 3.33. The fourth-order valence-corrected chi connectivity index (χ4v) is 3.66. The summed E-state index contributed by atoms with van der Waals surface area (Å²) in [6.45, 7) is 0. The van der Waals surface area contributed by atoms with Crippen molar-refractivity contribution in [3.8, 4) is 28.5 Å². The maximum absolute atomic E-state index is 12.7. The molecule has 148 valence electrons. The fraction of sp³-hybridized carbons (Fsp3) is 0.150. The van der Waals surface area contributed by atoms with Crippen LogP contribution >= 0.6 is 11.3 Å².